The second-order valence-electron chi connectivity index (χ2n) is 6.88. The zero-order chi connectivity index (χ0) is 19.8. The van der Waals surface area contributed by atoms with Crippen molar-refractivity contribution < 1.29 is 8.42 Å². The monoisotopic (exact) mass is 400 g/mol. The van der Waals surface area contributed by atoms with Gasteiger partial charge in [0.15, 0.2) is 5.96 Å². The van der Waals surface area contributed by atoms with E-state index in [1.54, 1.807) is 29.6 Å². The van der Waals surface area contributed by atoms with Crippen LogP contribution in [0.2, 0.25) is 0 Å². The quantitative estimate of drug-likeness (QED) is 0.578. The summed E-state index contributed by atoms with van der Waals surface area (Å²) < 4.78 is 27.3. The first-order valence-corrected chi connectivity index (χ1v) is 11.1. The van der Waals surface area contributed by atoms with Crippen molar-refractivity contribution in [3.63, 3.8) is 0 Å². The Hall–Kier alpha value is -2.38. The molecule has 1 heterocycles. The van der Waals surface area contributed by atoms with Gasteiger partial charge in [-0.05, 0) is 36.1 Å². The highest BCUT2D eigenvalue weighted by Crippen LogP contribution is 2.21. The molecular formula is C21H28N4O2S. The average Bonchev–Trinajstić information content (AvgIpc) is 2.75. The van der Waals surface area contributed by atoms with Crippen molar-refractivity contribution in [2.24, 2.45) is 4.99 Å². The Balaban J connectivity index is 1.60. The number of nitrogens with zero attached hydrogens (tertiary/aromatic N) is 2. The summed E-state index contributed by atoms with van der Waals surface area (Å²) in [7, 11) is -1.70. The molecular weight excluding hydrogens is 372 g/mol. The predicted octanol–water partition coefficient (Wildman–Crippen LogP) is 2.73. The van der Waals surface area contributed by atoms with Crippen LogP contribution in [0.15, 0.2) is 64.5 Å². The van der Waals surface area contributed by atoms with E-state index < -0.39 is 10.0 Å². The summed E-state index contributed by atoms with van der Waals surface area (Å²) in [5, 5.41) is 6.51. The van der Waals surface area contributed by atoms with Crippen LogP contribution in [0.25, 0.3) is 0 Å². The van der Waals surface area contributed by atoms with Crippen LogP contribution >= 0.6 is 0 Å². The van der Waals surface area contributed by atoms with Gasteiger partial charge in [-0.1, -0.05) is 48.9 Å². The number of rotatable bonds is 6. The smallest absolute Gasteiger partial charge is 0.243 e. The number of aliphatic imine (C=N–C) groups is 1. The third-order valence-corrected chi connectivity index (χ3v) is 6.73. The van der Waals surface area contributed by atoms with E-state index in [1.807, 2.05) is 24.3 Å². The van der Waals surface area contributed by atoms with Crippen LogP contribution in [0.1, 0.15) is 30.4 Å². The maximum absolute atomic E-state index is 12.9. The topological polar surface area (TPSA) is 73.8 Å². The summed E-state index contributed by atoms with van der Waals surface area (Å²) in [4.78, 5) is 4.59. The van der Waals surface area contributed by atoms with Crippen molar-refractivity contribution >= 4 is 16.0 Å². The molecule has 3 rings (SSSR count). The van der Waals surface area contributed by atoms with E-state index in [4.69, 9.17) is 0 Å². The van der Waals surface area contributed by atoms with Gasteiger partial charge in [0, 0.05) is 33.2 Å². The lowest BCUT2D eigenvalue weighted by atomic mass is 10.2. The molecule has 1 aliphatic heterocycles. The first-order valence-electron chi connectivity index (χ1n) is 9.67. The van der Waals surface area contributed by atoms with Gasteiger partial charge in [0.2, 0.25) is 10.0 Å². The van der Waals surface area contributed by atoms with Crippen LogP contribution in [-0.4, -0.2) is 38.8 Å². The van der Waals surface area contributed by atoms with Crippen molar-refractivity contribution in [2.45, 2.75) is 37.2 Å². The summed E-state index contributed by atoms with van der Waals surface area (Å²) in [5.41, 5.74) is 2.07. The van der Waals surface area contributed by atoms with Gasteiger partial charge in [-0.2, -0.15) is 4.31 Å². The molecule has 0 atom stereocenters. The van der Waals surface area contributed by atoms with Gasteiger partial charge < -0.3 is 10.6 Å². The largest absolute Gasteiger partial charge is 0.352 e. The Morgan fingerprint density at radius 3 is 2.25 bits per heavy atom. The summed E-state index contributed by atoms with van der Waals surface area (Å²) in [5.74, 6) is 0.674. The van der Waals surface area contributed by atoms with Crippen molar-refractivity contribution in [2.75, 3.05) is 20.1 Å². The molecule has 0 aromatic heterocycles. The summed E-state index contributed by atoms with van der Waals surface area (Å²) in [6.45, 7) is 2.39. The summed E-state index contributed by atoms with van der Waals surface area (Å²) >= 11 is 0. The number of nitrogens with one attached hydrogen (secondary N) is 2. The number of piperidine rings is 1. The zero-order valence-electron chi connectivity index (χ0n) is 16.3. The van der Waals surface area contributed by atoms with Gasteiger partial charge in [0.05, 0.1) is 4.90 Å². The van der Waals surface area contributed by atoms with E-state index in [2.05, 4.69) is 27.8 Å². The fourth-order valence-corrected chi connectivity index (χ4v) is 4.85. The van der Waals surface area contributed by atoms with E-state index in [0.29, 0.717) is 37.0 Å². The van der Waals surface area contributed by atoms with Gasteiger partial charge in [-0.15, -0.1) is 0 Å². The van der Waals surface area contributed by atoms with E-state index in [-0.39, 0.29) is 0 Å². The molecule has 1 fully saturated rings. The molecule has 6 nitrogen and oxygen atoms in total. The highest BCUT2D eigenvalue weighted by molar-refractivity contribution is 7.89. The molecule has 2 N–H and O–H groups in total. The number of benzene rings is 2. The second kappa shape index (κ2) is 9.71. The minimum absolute atomic E-state index is 0.362. The van der Waals surface area contributed by atoms with Gasteiger partial charge >= 0.3 is 0 Å². The van der Waals surface area contributed by atoms with E-state index >= 15 is 0 Å². The number of guanidine groups is 1. The predicted molar refractivity (Wildman–Crippen MR) is 113 cm³/mol. The van der Waals surface area contributed by atoms with E-state index in [0.717, 1.165) is 24.8 Å². The molecule has 0 spiro atoms. The van der Waals surface area contributed by atoms with Gasteiger partial charge in [-0.25, -0.2) is 8.42 Å². The number of sulfonamides is 1. The zero-order valence-corrected chi connectivity index (χ0v) is 17.1. The first kappa shape index (κ1) is 20.4. The van der Waals surface area contributed by atoms with Crippen LogP contribution in [0.5, 0.6) is 0 Å². The third kappa shape index (κ3) is 5.33. The molecule has 1 saturated heterocycles. The first-order chi connectivity index (χ1) is 13.6. The molecule has 2 aromatic rings. The molecule has 7 heteroatoms. The van der Waals surface area contributed by atoms with E-state index in [9.17, 15) is 8.42 Å². The maximum Gasteiger partial charge on any atom is 0.243 e. The fraction of sp³-hybridized carbons (Fsp3) is 0.381. The van der Waals surface area contributed by atoms with Crippen molar-refractivity contribution in [1.82, 2.24) is 14.9 Å². The fourth-order valence-electron chi connectivity index (χ4n) is 3.26. The van der Waals surface area contributed by atoms with Crippen molar-refractivity contribution in [1.29, 1.82) is 0 Å². The van der Waals surface area contributed by atoms with Crippen molar-refractivity contribution in [3.8, 4) is 0 Å². The minimum Gasteiger partial charge on any atom is -0.352 e. The molecule has 0 amide bonds. The second-order valence-corrected chi connectivity index (χ2v) is 8.82. The SMILES string of the molecule is CN=C(NCc1ccccc1)NCc1cccc(S(=O)(=O)N2CCCCC2)c1. The lowest BCUT2D eigenvalue weighted by Gasteiger charge is -2.26. The number of hydrogen-bond acceptors (Lipinski definition) is 3. The Bertz CT molecular complexity index is 892. The minimum atomic E-state index is -3.42. The van der Waals surface area contributed by atoms with Crippen LogP contribution in [-0.2, 0) is 23.1 Å². The average molecular weight is 401 g/mol. The summed E-state index contributed by atoms with van der Waals surface area (Å²) in [6, 6.07) is 17.2. The Morgan fingerprint density at radius 2 is 1.57 bits per heavy atom. The lowest BCUT2D eigenvalue weighted by Crippen LogP contribution is -2.36. The lowest BCUT2D eigenvalue weighted by molar-refractivity contribution is 0.346. The van der Waals surface area contributed by atoms with Gasteiger partial charge in [-0.3, -0.25) is 4.99 Å². The normalized spacial score (nSPS) is 16.0. The standard InChI is InChI=1S/C21H28N4O2S/c1-22-21(23-16-18-9-4-2-5-10-18)24-17-19-11-8-12-20(15-19)28(26,27)25-13-6-3-7-14-25/h2,4-5,8-12,15H,3,6-7,13-14,16-17H2,1H3,(H2,22,23,24). The Kier molecular flexibility index (Phi) is 7.06. The van der Waals surface area contributed by atoms with E-state index in [1.165, 1.54) is 5.56 Å². The molecule has 0 saturated carbocycles. The van der Waals surface area contributed by atoms with Crippen LogP contribution in [0.3, 0.4) is 0 Å². The van der Waals surface area contributed by atoms with Crippen LogP contribution in [0, 0.1) is 0 Å². The molecule has 0 unspecified atom stereocenters. The highest BCUT2D eigenvalue weighted by Gasteiger charge is 2.25. The van der Waals surface area contributed by atoms with Gasteiger partial charge in [0.25, 0.3) is 0 Å². The van der Waals surface area contributed by atoms with Crippen molar-refractivity contribution in [3.05, 3.63) is 65.7 Å². The molecule has 1 aliphatic rings. The molecule has 0 radical (unpaired) electrons. The highest BCUT2D eigenvalue weighted by atomic mass is 32.2. The molecule has 150 valence electrons. The maximum atomic E-state index is 12.9. The summed E-state index contributed by atoms with van der Waals surface area (Å²) in [6.07, 6.45) is 2.97. The third-order valence-electron chi connectivity index (χ3n) is 4.84. The Morgan fingerprint density at radius 1 is 0.929 bits per heavy atom. The molecule has 2 aromatic carbocycles. The molecule has 0 aliphatic carbocycles. The molecule has 0 bridgehead atoms. The van der Waals surface area contributed by atoms with Crippen LogP contribution in [0.4, 0.5) is 0 Å². The Labute approximate surface area is 167 Å². The van der Waals surface area contributed by atoms with Crippen LogP contribution < -0.4 is 10.6 Å². The van der Waals surface area contributed by atoms with Gasteiger partial charge in [0.1, 0.15) is 0 Å². The molecule has 28 heavy (non-hydrogen) atoms. The number of hydrogen-bond donors (Lipinski definition) is 2.